The maximum absolute atomic E-state index is 2.35. The van der Waals surface area contributed by atoms with Gasteiger partial charge in [0.15, 0.2) is 0 Å². The monoisotopic (exact) mass is 515 g/mol. The molecule has 0 aliphatic carbocycles. The zero-order valence-corrected chi connectivity index (χ0v) is 22.7. The van der Waals surface area contributed by atoms with E-state index in [4.69, 9.17) is 0 Å². The van der Waals surface area contributed by atoms with E-state index in [-0.39, 0.29) is 0 Å². The third kappa shape index (κ3) is 6.39. The Morgan fingerprint density at radius 3 is 0.725 bits per heavy atom. The van der Waals surface area contributed by atoms with Crippen LogP contribution in [-0.2, 0) is 19.3 Å². The summed E-state index contributed by atoms with van der Waals surface area (Å²) < 4.78 is 0. The predicted octanol–water partition coefficient (Wildman–Crippen LogP) is 9.93. The summed E-state index contributed by atoms with van der Waals surface area (Å²) in [6.07, 6.45) is 2.80. The van der Waals surface area contributed by atoms with Crippen LogP contribution in [0.3, 0.4) is 0 Å². The Bertz CT molecular complexity index is 1400. The third-order valence-electron chi connectivity index (χ3n) is 7.34. The lowest BCUT2D eigenvalue weighted by Gasteiger charge is -2.26. The average molecular weight is 516 g/mol. The summed E-state index contributed by atoms with van der Waals surface area (Å²) in [5.41, 5.74) is 11.4. The minimum Gasteiger partial charge on any atom is -0.311 e. The van der Waals surface area contributed by atoms with Crippen molar-refractivity contribution >= 4 is 17.1 Å². The minimum absolute atomic E-state index is 0.934. The van der Waals surface area contributed by atoms with Gasteiger partial charge in [-0.25, -0.2) is 0 Å². The second-order valence-electron chi connectivity index (χ2n) is 10.3. The molecule has 0 aromatic heterocycles. The molecule has 1 heteroatoms. The van der Waals surface area contributed by atoms with Gasteiger partial charge in [-0.2, -0.15) is 0 Å². The molecule has 0 fully saturated rings. The van der Waals surface area contributed by atoms with Crippen LogP contribution in [0, 0.1) is 0 Å². The molecular weight excluding hydrogens is 482 g/mol. The Kier molecular flexibility index (Phi) is 7.82. The Balaban J connectivity index is 1.28. The first-order valence-electron chi connectivity index (χ1n) is 14.0. The predicted molar refractivity (Wildman–Crippen MR) is 169 cm³/mol. The second kappa shape index (κ2) is 12.3. The van der Waals surface area contributed by atoms with Crippen LogP contribution in [0.15, 0.2) is 164 Å². The van der Waals surface area contributed by atoms with Gasteiger partial charge in [-0.15, -0.1) is 0 Å². The van der Waals surface area contributed by atoms with Crippen molar-refractivity contribution in [1.82, 2.24) is 0 Å². The highest BCUT2D eigenvalue weighted by Crippen LogP contribution is 2.35. The standard InChI is InChI=1S/C39H33N/c1-4-10-31(11-5-1)28-34-16-22-37(23-17-34)40(38-24-18-35(19-25-38)29-32-12-6-2-7-13-32)39-26-20-36(21-27-39)30-33-14-8-3-9-15-33/h1-27H,28-30H2. The van der Waals surface area contributed by atoms with E-state index in [0.717, 1.165) is 36.3 Å². The van der Waals surface area contributed by atoms with E-state index < -0.39 is 0 Å². The van der Waals surface area contributed by atoms with Gasteiger partial charge < -0.3 is 4.90 Å². The molecule has 0 N–H and O–H groups in total. The van der Waals surface area contributed by atoms with Gasteiger partial charge >= 0.3 is 0 Å². The van der Waals surface area contributed by atoms with Crippen LogP contribution in [0.5, 0.6) is 0 Å². The lowest BCUT2D eigenvalue weighted by atomic mass is 10.0. The van der Waals surface area contributed by atoms with Crippen molar-refractivity contribution in [2.24, 2.45) is 0 Å². The van der Waals surface area contributed by atoms with Gasteiger partial charge in [-0.05, 0) is 89.0 Å². The van der Waals surface area contributed by atoms with Crippen molar-refractivity contribution in [3.8, 4) is 0 Å². The third-order valence-corrected chi connectivity index (χ3v) is 7.34. The molecule has 0 heterocycles. The maximum Gasteiger partial charge on any atom is 0.0461 e. The minimum atomic E-state index is 0.934. The van der Waals surface area contributed by atoms with Gasteiger partial charge in [0, 0.05) is 17.1 Å². The number of hydrogen-bond donors (Lipinski definition) is 0. The molecule has 0 saturated heterocycles. The Labute approximate surface area is 238 Å². The van der Waals surface area contributed by atoms with Crippen LogP contribution < -0.4 is 4.90 Å². The summed E-state index contributed by atoms with van der Waals surface area (Å²) in [5, 5.41) is 0. The van der Waals surface area contributed by atoms with E-state index in [1.165, 1.54) is 33.4 Å². The average Bonchev–Trinajstić information content (AvgIpc) is 3.01. The maximum atomic E-state index is 2.35. The van der Waals surface area contributed by atoms with E-state index in [1.807, 2.05) is 0 Å². The van der Waals surface area contributed by atoms with E-state index in [2.05, 4.69) is 169 Å². The van der Waals surface area contributed by atoms with Gasteiger partial charge in [0.05, 0.1) is 0 Å². The van der Waals surface area contributed by atoms with Crippen LogP contribution in [-0.4, -0.2) is 0 Å². The van der Waals surface area contributed by atoms with Crippen LogP contribution in [0.1, 0.15) is 33.4 Å². The normalized spacial score (nSPS) is 10.8. The molecule has 0 saturated carbocycles. The number of hydrogen-bond acceptors (Lipinski definition) is 1. The molecule has 0 radical (unpaired) electrons. The molecule has 40 heavy (non-hydrogen) atoms. The van der Waals surface area contributed by atoms with Crippen molar-refractivity contribution in [2.75, 3.05) is 4.90 Å². The van der Waals surface area contributed by atoms with Gasteiger partial charge in [0.2, 0.25) is 0 Å². The molecule has 0 atom stereocenters. The molecular formula is C39H33N. The number of benzene rings is 6. The van der Waals surface area contributed by atoms with Crippen molar-refractivity contribution in [3.63, 3.8) is 0 Å². The summed E-state index contributed by atoms with van der Waals surface area (Å²) in [6.45, 7) is 0. The van der Waals surface area contributed by atoms with Gasteiger partial charge in [-0.1, -0.05) is 127 Å². The van der Waals surface area contributed by atoms with Crippen molar-refractivity contribution in [1.29, 1.82) is 0 Å². The Hall–Kier alpha value is -4.88. The largest absolute Gasteiger partial charge is 0.311 e. The quantitative estimate of drug-likeness (QED) is 0.185. The molecule has 6 aromatic carbocycles. The zero-order valence-electron chi connectivity index (χ0n) is 22.7. The summed E-state index contributed by atoms with van der Waals surface area (Å²) >= 11 is 0. The van der Waals surface area contributed by atoms with Crippen molar-refractivity contribution in [2.45, 2.75) is 19.3 Å². The molecule has 6 aromatic rings. The van der Waals surface area contributed by atoms with Crippen molar-refractivity contribution in [3.05, 3.63) is 197 Å². The van der Waals surface area contributed by atoms with Crippen molar-refractivity contribution < 1.29 is 0 Å². The Morgan fingerprint density at radius 2 is 0.475 bits per heavy atom. The fourth-order valence-corrected chi connectivity index (χ4v) is 5.23. The molecule has 0 aliphatic heterocycles. The summed E-state index contributed by atoms with van der Waals surface area (Å²) in [6, 6.07) is 59.0. The highest BCUT2D eigenvalue weighted by atomic mass is 15.1. The summed E-state index contributed by atoms with van der Waals surface area (Å²) in [5.74, 6) is 0. The first kappa shape index (κ1) is 25.4. The topological polar surface area (TPSA) is 3.24 Å². The number of rotatable bonds is 9. The lowest BCUT2D eigenvalue weighted by molar-refractivity contribution is 1.17. The van der Waals surface area contributed by atoms with Gasteiger partial charge in [-0.3, -0.25) is 0 Å². The highest BCUT2D eigenvalue weighted by molar-refractivity contribution is 5.76. The SMILES string of the molecule is c1ccc(Cc2ccc(N(c3ccc(Cc4ccccc4)cc3)c3ccc(Cc4ccccc4)cc3)cc2)cc1. The van der Waals surface area contributed by atoms with Crippen LogP contribution in [0.25, 0.3) is 0 Å². The fraction of sp³-hybridized carbons (Fsp3) is 0.0769. The smallest absolute Gasteiger partial charge is 0.0461 e. The molecule has 0 aliphatic rings. The molecule has 194 valence electrons. The van der Waals surface area contributed by atoms with Crippen LogP contribution in [0.2, 0.25) is 0 Å². The first-order valence-corrected chi connectivity index (χ1v) is 14.0. The fourth-order valence-electron chi connectivity index (χ4n) is 5.23. The lowest BCUT2D eigenvalue weighted by Crippen LogP contribution is -2.10. The molecule has 0 spiro atoms. The first-order chi connectivity index (χ1) is 19.8. The molecule has 6 rings (SSSR count). The van der Waals surface area contributed by atoms with E-state index >= 15 is 0 Å². The summed E-state index contributed by atoms with van der Waals surface area (Å²) in [7, 11) is 0. The summed E-state index contributed by atoms with van der Waals surface area (Å²) in [4.78, 5) is 2.35. The Morgan fingerprint density at radius 1 is 0.250 bits per heavy atom. The molecule has 0 unspecified atom stereocenters. The number of anilines is 3. The van der Waals surface area contributed by atoms with E-state index in [1.54, 1.807) is 0 Å². The molecule has 0 amide bonds. The van der Waals surface area contributed by atoms with Crippen LogP contribution in [0.4, 0.5) is 17.1 Å². The number of nitrogens with zero attached hydrogens (tertiary/aromatic N) is 1. The van der Waals surface area contributed by atoms with Crippen LogP contribution >= 0.6 is 0 Å². The highest BCUT2D eigenvalue weighted by Gasteiger charge is 2.13. The van der Waals surface area contributed by atoms with E-state index in [0.29, 0.717) is 0 Å². The second-order valence-corrected chi connectivity index (χ2v) is 10.3. The van der Waals surface area contributed by atoms with Gasteiger partial charge in [0.1, 0.15) is 0 Å². The van der Waals surface area contributed by atoms with E-state index in [9.17, 15) is 0 Å². The van der Waals surface area contributed by atoms with Gasteiger partial charge in [0.25, 0.3) is 0 Å². The molecule has 0 bridgehead atoms. The zero-order chi connectivity index (χ0) is 27.0. The molecule has 1 nitrogen and oxygen atoms in total.